The van der Waals surface area contributed by atoms with Crippen molar-refractivity contribution in [2.24, 2.45) is 0 Å². The molecular weight excluding hydrogens is 290 g/mol. The lowest BCUT2D eigenvalue weighted by Crippen LogP contribution is -2.18. The summed E-state index contributed by atoms with van der Waals surface area (Å²) in [6, 6.07) is 19.0. The van der Waals surface area contributed by atoms with Gasteiger partial charge in [0.15, 0.2) is 0 Å². The third-order valence-electron chi connectivity index (χ3n) is 4.11. The molecule has 0 atom stereocenters. The summed E-state index contributed by atoms with van der Waals surface area (Å²) in [5.74, 6) is 0.922. The normalized spacial score (nSPS) is 14.4. The number of pyridine rings is 1. The zero-order valence-corrected chi connectivity index (χ0v) is 13.1. The molecule has 1 fully saturated rings. The van der Waals surface area contributed by atoms with E-state index in [0.29, 0.717) is 6.04 Å². The van der Waals surface area contributed by atoms with Crippen LogP contribution in [0.2, 0.25) is 0 Å². The summed E-state index contributed by atoms with van der Waals surface area (Å²) in [7, 11) is 0. The molecule has 1 aliphatic carbocycles. The number of thioether (sulfide) groups is 1. The summed E-state index contributed by atoms with van der Waals surface area (Å²) in [4.78, 5) is 13.8. The van der Waals surface area contributed by atoms with Gasteiger partial charge >= 0.3 is 0 Å². The van der Waals surface area contributed by atoms with E-state index in [0.717, 1.165) is 29.4 Å². The second kappa shape index (κ2) is 5.65. The Hall–Kier alpha value is -2.00. The van der Waals surface area contributed by atoms with Crippen LogP contribution in [-0.2, 0) is 5.75 Å². The van der Waals surface area contributed by atoms with E-state index < -0.39 is 0 Å². The first kappa shape index (κ1) is 13.6. The van der Waals surface area contributed by atoms with Crippen molar-refractivity contribution in [1.82, 2.24) is 4.57 Å². The molecule has 0 aliphatic heterocycles. The fourth-order valence-corrected chi connectivity index (χ4v) is 3.79. The molecule has 0 saturated heterocycles. The fraction of sp³-hybridized carbons (Fsp3) is 0.211. The second-order valence-electron chi connectivity index (χ2n) is 5.75. The van der Waals surface area contributed by atoms with Gasteiger partial charge in [-0.3, -0.25) is 4.79 Å². The maximum absolute atomic E-state index is 12.6. The molecule has 22 heavy (non-hydrogen) atoms. The largest absolute Gasteiger partial charge is 0.312 e. The van der Waals surface area contributed by atoms with E-state index in [1.807, 2.05) is 29.0 Å². The van der Waals surface area contributed by atoms with Crippen molar-refractivity contribution in [1.29, 1.82) is 0 Å². The Morgan fingerprint density at radius 2 is 1.77 bits per heavy atom. The first-order valence-corrected chi connectivity index (χ1v) is 8.62. The predicted octanol–water partition coefficient (Wildman–Crippen LogP) is 4.63. The van der Waals surface area contributed by atoms with E-state index in [-0.39, 0.29) is 5.56 Å². The lowest BCUT2D eigenvalue weighted by Gasteiger charge is -2.09. The van der Waals surface area contributed by atoms with Crippen LogP contribution in [0.3, 0.4) is 0 Å². The van der Waals surface area contributed by atoms with Crippen LogP contribution in [-0.4, -0.2) is 4.57 Å². The van der Waals surface area contributed by atoms with E-state index in [1.165, 1.54) is 10.5 Å². The SMILES string of the molecule is O=c1c2cccc(SCc3ccccc3)c2ccn1C1CC1. The Bertz CT molecular complexity index is 865. The molecule has 110 valence electrons. The molecule has 1 aliphatic rings. The first-order valence-electron chi connectivity index (χ1n) is 7.63. The van der Waals surface area contributed by atoms with Crippen molar-refractivity contribution < 1.29 is 0 Å². The van der Waals surface area contributed by atoms with Gasteiger partial charge in [-0.1, -0.05) is 36.4 Å². The van der Waals surface area contributed by atoms with Gasteiger partial charge in [0.1, 0.15) is 0 Å². The Morgan fingerprint density at radius 1 is 0.955 bits per heavy atom. The van der Waals surface area contributed by atoms with Gasteiger partial charge < -0.3 is 4.57 Å². The summed E-state index contributed by atoms with van der Waals surface area (Å²) in [6.07, 6.45) is 4.23. The first-order chi connectivity index (χ1) is 10.8. The molecule has 3 heteroatoms. The summed E-state index contributed by atoms with van der Waals surface area (Å²) < 4.78 is 1.90. The monoisotopic (exact) mass is 307 g/mol. The minimum absolute atomic E-state index is 0.155. The summed E-state index contributed by atoms with van der Waals surface area (Å²) in [6.45, 7) is 0. The van der Waals surface area contributed by atoms with Gasteiger partial charge in [0.25, 0.3) is 5.56 Å². The molecular formula is C19H17NOS. The Labute approximate surface area is 133 Å². The van der Waals surface area contributed by atoms with Crippen LogP contribution in [0.5, 0.6) is 0 Å². The molecule has 2 nitrogen and oxygen atoms in total. The molecule has 1 heterocycles. The van der Waals surface area contributed by atoms with E-state index in [4.69, 9.17) is 0 Å². The van der Waals surface area contributed by atoms with Gasteiger partial charge in [-0.2, -0.15) is 0 Å². The van der Waals surface area contributed by atoms with Crippen LogP contribution in [0.25, 0.3) is 10.8 Å². The molecule has 0 radical (unpaired) electrons. The average molecular weight is 307 g/mol. The van der Waals surface area contributed by atoms with Crippen LogP contribution in [0.1, 0.15) is 24.4 Å². The third kappa shape index (κ3) is 2.57. The van der Waals surface area contributed by atoms with E-state index >= 15 is 0 Å². The quantitative estimate of drug-likeness (QED) is 0.656. The van der Waals surface area contributed by atoms with Crippen molar-refractivity contribution in [2.45, 2.75) is 29.5 Å². The molecule has 0 amide bonds. The topological polar surface area (TPSA) is 22.0 Å². The summed E-state index contributed by atoms with van der Waals surface area (Å²) >= 11 is 1.79. The predicted molar refractivity (Wildman–Crippen MR) is 92.5 cm³/mol. The fourth-order valence-electron chi connectivity index (χ4n) is 2.77. The van der Waals surface area contributed by atoms with Crippen molar-refractivity contribution in [3.05, 3.63) is 76.7 Å². The van der Waals surface area contributed by atoms with Crippen LogP contribution in [0.15, 0.2) is 70.5 Å². The second-order valence-corrected chi connectivity index (χ2v) is 6.77. The van der Waals surface area contributed by atoms with E-state index in [2.05, 4.69) is 36.4 Å². The molecule has 1 aromatic heterocycles. The zero-order valence-electron chi connectivity index (χ0n) is 12.2. The molecule has 3 aromatic rings. The van der Waals surface area contributed by atoms with Gasteiger partial charge in [-0.25, -0.2) is 0 Å². The van der Waals surface area contributed by atoms with Gasteiger partial charge in [0.05, 0.1) is 0 Å². The van der Waals surface area contributed by atoms with Crippen molar-refractivity contribution in [3.8, 4) is 0 Å². The van der Waals surface area contributed by atoms with Gasteiger partial charge in [-0.05, 0) is 36.6 Å². The minimum Gasteiger partial charge on any atom is -0.312 e. The number of benzene rings is 2. The number of aromatic nitrogens is 1. The molecule has 1 saturated carbocycles. The number of hydrogen-bond acceptors (Lipinski definition) is 2. The van der Waals surface area contributed by atoms with Crippen LogP contribution >= 0.6 is 11.8 Å². The van der Waals surface area contributed by atoms with Gasteiger partial charge in [-0.15, -0.1) is 11.8 Å². The maximum atomic E-state index is 12.6. The molecule has 4 rings (SSSR count). The highest BCUT2D eigenvalue weighted by molar-refractivity contribution is 7.98. The highest BCUT2D eigenvalue weighted by atomic mass is 32.2. The molecule has 2 aromatic carbocycles. The molecule has 0 N–H and O–H groups in total. The summed E-state index contributed by atoms with van der Waals surface area (Å²) in [5.41, 5.74) is 1.46. The lowest BCUT2D eigenvalue weighted by atomic mass is 10.2. The summed E-state index contributed by atoms with van der Waals surface area (Å²) in [5, 5.41) is 1.91. The van der Waals surface area contributed by atoms with Gasteiger partial charge in [0, 0.05) is 33.7 Å². The zero-order chi connectivity index (χ0) is 14.9. The highest BCUT2D eigenvalue weighted by Gasteiger charge is 2.24. The van der Waals surface area contributed by atoms with E-state index in [9.17, 15) is 4.79 Å². The standard InChI is InChI=1S/C19H17NOS/c21-19-17-7-4-8-18(22-13-14-5-2-1-3-6-14)16(17)11-12-20(19)15-9-10-15/h1-8,11-12,15H,9-10,13H2. The van der Waals surface area contributed by atoms with Gasteiger partial charge in [0.2, 0.25) is 0 Å². The molecule has 0 bridgehead atoms. The lowest BCUT2D eigenvalue weighted by molar-refractivity contribution is 0.714. The third-order valence-corrected chi connectivity index (χ3v) is 5.25. The molecule has 0 unspecified atom stereocenters. The number of nitrogens with zero attached hydrogens (tertiary/aromatic N) is 1. The Morgan fingerprint density at radius 3 is 2.55 bits per heavy atom. The van der Waals surface area contributed by atoms with E-state index in [1.54, 1.807) is 11.8 Å². The highest BCUT2D eigenvalue weighted by Crippen LogP contribution is 2.35. The minimum atomic E-state index is 0.155. The van der Waals surface area contributed by atoms with Crippen LogP contribution in [0, 0.1) is 0 Å². The van der Waals surface area contributed by atoms with Crippen molar-refractivity contribution in [3.63, 3.8) is 0 Å². The number of fused-ring (bicyclic) bond motifs is 1. The smallest absolute Gasteiger partial charge is 0.258 e. The number of hydrogen-bond donors (Lipinski definition) is 0. The molecule has 0 spiro atoms. The Balaban J connectivity index is 1.69. The average Bonchev–Trinajstić information content (AvgIpc) is 3.39. The van der Waals surface area contributed by atoms with Crippen molar-refractivity contribution >= 4 is 22.5 Å². The number of rotatable bonds is 4. The van der Waals surface area contributed by atoms with Crippen LogP contribution in [0.4, 0.5) is 0 Å². The Kier molecular flexibility index (Phi) is 3.51. The maximum Gasteiger partial charge on any atom is 0.258 e. The van der Waals surface area contributed by atoms with Crippen LogP contribution < -0.4 is 5.56 Å². The van der Waals surface area contributed by atoms with Crippen molar-refractivity contribution in [2.75, 3.05) is 0 Å².